The van der Waals surface area contributed by atoms with Gasteiger partial charge in [0.05, 0.1) is 19.3 Å². The Morgan fingerprint density at radius 1 is 0.757 bits per heavy atom. The van der Waals surface area contributed by atoms with Crippen LogP contribution < -0.4 is 0 Å². The Hall–Kier alpha value is -0.506. The number of benzene rings is 1. The lowest BCUT2D eigenvalue weighted by atomic mass is 9.94. The summed E-state index contributed by atoms with van der Waals surface area (Å²) in [6.45, 7) is 29.5. The summed E-state index contributed by atoms with van der Waals surface area (Å²) in [5.41, 5.74) is 5.79. The van der Waals surface area contributed by atoms with Crippen LogP contribution in [0.1, 0.15) is 101 Å². The molecule has 0 aromatic heterocycles. The predicted molar refractivity (Wildman–Crippen MR) is 160 cm³/mol. The Labute approximate surface area is 230 Å². The molecule has 0 N–H and O–H groups in total. The van der Waals surface area contributed by atoms with E-state index in [-0.39, 0.29) is 12.2 Å². The third-order valence-corrected chi connectivity index (χ3v) is 21.8. The van der Waals surface area contributed by atoms with Gasteiger partial charge in [-0.15, -0.1) is 0 Å². The van der Waals surface area contributed by atoms with Crippen LogP contribution in [0.4, 0.5) is 0 Å². The summed E-state index contributed by atoms with van der Waals surface area (Å²) in [6, 6.07) is 8.63. The van der Waals surface area contributed by atoms with Gasteiger partial charge in [0.2, 0.25) is 8.32 Å². The first-order chi connectivity index (χ1) is 17.2. The maximum absolute atomic E-state index is 7.43. The molecule has 3 atom stereocenters. The van der Waals surface area contributed by atoms with E-state index in [1.54, 1.807) is 0 Å². The highest BCUT2D eigenvalue weighted by atomic mass is 28.4. The van der Waals surface area contributed by atoms with Gasteiger partial charge in [-0.05, 0) is 44.4 Å². The molecule has 37 heavy (non-hydrogen) atoms. The summed E-state index contributed by atoms with van der Waals surface area (Å²) in [4.78, 5) is 0. The molecule has 212 valence electrons. The molecule has 2 aliphatic rings. The van der Waals surface area contributed by atoms with E-state index in [9.17, 15) is 0 Å². The second-order valence-corrected chi connectivity index (χ2v) is 24.5. The maximum Gasteiger partial charge on any atom is 0.200 e. The number of hydrogen-bond acceptors (Lipinski definition) is 4. The summed E-state index contributed by atoms with van der Waals surface area (Å²) >= 11 is 0. The van der Waals surface area contributed by atoms with Crippen molar-refractivity contribution in [2.75, 3.05) is 6.61 Å². The van der Waals surface area contributed by atoms with Crippen molar-refractivity contribution in [3.63, 3.8) is 0 Å². The van der Waals surface area contributed by atoms with Gasteiger partial charge in [-0.1, -0.05) is 107 Å². The molecule has 6 heteroatoms. The number of hydrogen-bond donors (Lipinski definition) is 0. The molecule has 2 heterocycles. The Morgan fingerprint density at radius 2 is 1.24 bits per heavy atom. The summed E-state index contributed by atoms with van der Waals surface area (Å²) in [5.74, 6) is -0.629. The quantitative estimate of drug-likeness (QED) is 0.259. The summed E-state index contributed by atoms with van der Waals surface area (Å²) in [6.07, 6.45) is 1.43. The number of ether oxygens (including phenoxy) is 2. The van der Waals surface area contributed by atoms with Crippen molar-refractivity contribution < 1.29 is 18.3 Å². The summed E-state index contributed by atoms with van der Waals surface area (Å²) < 4.78 is 28.1. The molecule has 0 saturated carbocycles. The van der Waals surface area contributed by atoms with E-state index in [0.717, 1.165) is 12.8 Å². The van der Waals surface area contributed by atoms with Crippen molar-refractivity contribution in [3.8, 4) is 0 Å². The van der Waals surface area contributed by atoms with Crippen LogP contribution in [-0.2, 0) is 31.4 Å². The van der Waals surface area contributed by atoms with Crippen molar-refractivity contribution in [1.29, 1.82) is 0 Å². The Bertz CT molecular complexity index is 838. The third kappa shape index (κ3) is 5.85. The lowest BCUT2D eigenvalue weighted by molar-refractivity contribution is -0.242. The highest BCUT2D eigenvalue weighted by Crippen LogP contribution is 2.49. The Balaban J connectivity index is 1.96. The smallest absolute Gasteiger partial charge is 0.200 e. The van der Waals surface area contributed by atoms with Gasteiger partial charge in [-0.25, -0.2) is 0 Å². The second-order valence-electron chi connectivity index (χ2n) is 13.6. The van der Waals surface area contributed by atoms with Crippen LogP contribution in [0.2, 0.25) is 33.2 Å². The Kier molecular flexibility index (Phi) is 10.0. The predicted octanol–water partition coefficient (Wildman–Crippen LogP) is 9.00. The van der Waals surface area contributed by atoms with E-state index in [2.05, 4.69) is 107 Å². The molecule has 0 unspecified atom stereocenters. The maximum atomic E-state index is 7.43. The SMILES string of the molecule is CC(C)[Si](OC[C@H]1O[C@@]2(Cc3ccccc3CO2)C[C@@H]1O[Si](C(C)C)(C(C)C)C(C)C)(C(C)C)C(C)C. The van der Waals surface area contributed by atoms with E-state index >= 15 is 0 Å². The topological polar surface area (TPSA) is 36.9 Å². The van der Waals surface area contributed by atoms with Crippen molar-refractivity contribution >= 4 is 16.6 Å². The largest absolute Gasteiger partial charge is 0.413 e. The monoisotopic (exact) mass is 548 g/mol. The zero-order valence-electron chi connectivity index (χ0n) is 25.9. The molecule has 0 aliphatic carbocycles. The fourth-order valence-electron chi connectivity index (χ4n) is 8.12. The fraction of sp³-hybridized carbons (Fsp3) is 0.806. The van der Waals surface area contributed by atoms with Crippen LogP contribution in [0.5, 0.6) is 0 Å². The molecular formula is C31H56O4Si2. The van der Waals surface area contributed by atoms with E-state index in [0.29, 0.717) is 46.5 Å². The van der Waals surface area contributed by atoms with Crippen LogP contribution in [0, 0.1) is 0 Å². The fourth-order valence-corrected chi connectivity index (χ4v) is 19.2. The van der Waals surface area contributed by atoms with E-state index in [4.69, 9.17) is 18.3 Å². The van der Waals surface area contributed by atoms with Gasteiger partial charge >= 0.3 is 0 Å². The molecule has 1 spiro atoms. The molecule has 1 aromatic rings. The molecule has 2 aliphatic heterocycles. The third-order valence-electron chi connectivity index (χ3n) is 9.63. The van der Waals surface area contributed by atoms with Gasteiger partial charge in [0.1, 0.15) is 6.10 Å². The lowest BCUT2D eigenvalue weighted by Crippen LogP contribution is -2.53. The first-order valence-electron chi connectivity index (χ1n) is 14.9. The van der Waals surface area contributed by atoms with E-state index in [1.807, 2.05) is 0 Å². The van der Waals surface area contributed by atoms with Gasteiger partial charge < -0.3 is 18.3 Å². The molecule has 1 fully saturated rings. The van der Waals surface area contributed by atoms with Crippen LogP contribution in [0.15, 0.2) is 24.3 Å². The standard InChI is InChI=1S/C31H56O4Si2/c1-21(2)36(22(3)4,23(5)6)33-20-30-29(35-37(24(7)8,25(9)10)26(11)12)18-31(34-30)17-27-15-13-14-16-28(27)19-32-31/h13-16,21-26,29-30H,17-20H2,1-12H3/t29-,30+,31-/m0/s1. The summed E-state index contributed by atoms with van der Waals surface area (Å²) in [7, 11) is -4.14. The summed E-state index contributed by atoms with van der Waals surface area (Å²) in [5, 5.41) is 0. The van der Waals surface area contributed by atoms with E-state index in [1.165, 1.54) is 11.1 Å². The molecule has 0 radical (unpaired) electrons. The van der Waals surface area contributed by atoms with Crippen LogP contribution >= 0.6 is 0 Å². The van der Waals surface area contributed by atoms with Crippen LogP contribution in [0.3, 0.4) is 0 Å². The Morgan fingerprint density at radius 3 is 1.73 bits per heavy atom. The number of rotatable bonds is 11. The minimum atomic E-state index is -2.11. The van der Waals surface area contributed by atoms with Crippen molar-refractivity contribution in [1.82, 2.24) is 0 Å². The first kappa shape index (κ1) is 31.0. The van der Waals surface area contributed by atoms with Gasteiger partial charge in [0, 0.05) is 12.8 Å². The average molecular weight is 549 g/mol. The highest BCUT2D eigenvalue weighted by Gasteiger charge is 2.56. The molecule has 1 saturated heterocycles. The van der Waals surface area contributed by atoms with Crippen molar-refractivity contribution in [3.05, 3.63) is 35.4 Å². The molecule has 4 nitrogen and oxygen atoms in total. The molecular weight excluding hydrogens is 493 g/mol. The highest BCUT2D eigenvalue weighted by molar-refractivity contribution is 6.78. The molecule has 0 bridgehead atoms. The van der Waals surface area contributed by atoms with Crippen molar-refractivity contribution in [2.45, 2.75) is 154 Å². The van der Waals surface area contributed by atoms with Gasteiger partial charge in [0.25, 0.3) is 0 Å². The molecule has 1 aromatic carbocycles. The molecule has 3 rings (SSSR count). The van der Waals surface area contributed by atoms with Crippen LogP contribution in [-0.4, -0.2) is 41.2 Å². The van der Waals surface area contributed by atoms with Crippen LogP contribution in [0.25, 0.3) is 0 Å². The minimum absolute atomic E-state index is 0.0117. The number of fused-ring (bicyclic) bond motifs is 1. The minimum Gasteiger partial charge on any atom is -0.413 e. The first-order valence-corrected chi connectivity index (χ1v) is 19.2. The van der Waals surface area contributed by atoms with E-state index < -0.39 is 22.4 Å². The normalized spacial score (nSPS) is 25.0. The van der Waals surface area contributed by atoms with Gasteiger partial charge in [-0.2, -0.15) is 0 Å². The second kappa shape index (κ2) is 11.9. The van der Waals surface area contributed by atoms with Crippen molar-refractivity contribution in [2.24, 2.45) is 0 Å². The van der Waals surface area contributed by atoms with Gasteiger partial charge in [-0.3, -0.25) is 0 Å². The zero-order valence-corrected chi connectivity index (χ0v) is 27.9. The van der Waals surface area contributed by atoms with Gasteiger partial charge in [0.15, 0.2) is 14.1 Å². The average Bonchev–Trinajstić information content (AvgIpc) is 3.12. The molecule has 0 amide bonds. The lowest BCUT2D eigenvalue weighted by Gasteiger charge is -2.45. The zero-order chi connectivity index (χ0) is 27.8.